The number of rotatable bonds is 7. The van der Waals surface area contributed by atoms with Crippen molar-refractivity contribution in [1.29, 1.82) is 0 Å². The Hall–Kier alpha value is -0.120. The molecular formula is C16H28O3. The second kappa shape index (κ2) is 6.11. The van der Waals surface area contributed by atoms with Gasteiger partial charge in [-0.15, -0.1) is 0 Å². The molecule has 0 radical (unpaired) electrons. The van der Waals surface area contributed by atoms with Gasteiger partial charge in [-0.1, -0.05) is 6.42 Å². The van der Waals surface area contributed by atoms with Crippen molar-refractivity contribution in [1.82, 2.24) is 0 Å². The summed E-state index contributed by atoms with van der Waals surface area (Å²) in [7, 11) is 0. The van der Waals surface area contributed by atoms with Crippen LogP contribution in [0, 0.1) is 23.7 Å². The first-order chi connectivity index (χ1) is 9.25. The monoisotopic (exact) mass is 268 g/mol. The quantitative estimate of drug-likeness (QED) is 0.721. The second-order valence-electron chi connectivity index (χ2n) is 6.81. The highest BCUT2D eigenvalue weighted by Crippen LogP contribution is 2.59. The van der Waals surface area contributed by atoms with Crippen molar-refractivity contribution >= 4 is 0 Å². The van der Waals surface area contributed by atoms with Gasteiger partial charge in [0.05, 0.1) is 25.4 Å². The molecule has 19 heavy (non-hydrogen) atoms. The Morgan fingerprint density at radius 2 is 1.89 bits per heavy atom. The zero-order valence-electron chi connectivity index (χ0n) is 12.1. The lowest BCUT2D eigenvalue weighted by Crippen LogP contribution is -2.31. The van der Waals surface area contributed by atoms with Gasteiger partial charge in [0.15, 0.2) is 0 Å². The van der Waals surface area contributed by atoms with E-state index in [4.69, 9.17) is 14.6 Å². The normalized spacial score (nSPS) is 41.7. The molecular weight excluding hydrogens is 240 g/mol. The first-order valence-corrected chi connectivity index (χ1v) is 8.13. The molecule has 3 aliphatic carbocycles. The predicted octanol–water partition coefficient (Wildman–Crippen LogP) is 2.62. The Kier molecular flexibility index (Phi) is 4.45. The van der Waals surface area contributed by atoms with E-state index in [1.54, 1.807) is 6.92 Å². The summed E-state index contributed by atoms with van der Waals surface area (Å²) in [5.74, 6) is 3.86. The van der Waals surface area contributed by atoms with Crippen molar-refractivity contribution in [3.8, 4) is 0 Å². The van der Waals surface area contributed by atoms with Crippen LogP contribution < -0.4 is 0 Å². The molecule has 3 nitrogen and oxygen atoms in total. The second-order valence-corrected chi connectivity index (χ2v) is 6.81. The van der Waals surface area contributed by atoms with Crippen LogP contribution in [0.1, 0.15) is 45.4 Å². The van der Waals surface area contributed by atoms with E-state index in [1.165, 1.54) is 32.1 Å². The number of hydrogen-bond acceptors (Lipinski definition) is 3. The Balaban J connectivity index is 1.32. The van der Waals surface area contributed by atoms with Crippen LogP contribution >= 0.6 is 0 Å². The maximum absolute atomic E-state index is 9.13. The van der Waals surface area contributed by atoms with Crippen LogP contribution in [-0.2, 0) is 9.47 Å². The minimum atomic E-state index is -0.259. The molecule has 110 valence electrons. The summed E-state index contributed by atoms with van der Waals surface area (Å²) in [4.78, 5) is 0. The summed E-state index contributed by atoms with van der Waals surface area (Å²) < 4.78 is 11.6. The van der Waals surface area contributed by atoms with Gasteiger partial charge in [-0.2, -0.15) is 0 Å². The molecule has 0 aliphatic heterocycles. The van der Waals surface area contributed by atoms with Gasteiger partial charge in [0, 0.05) is 6.61 Å². The van der Waals surface area contributed by atoms with Crippen molar-refractivity contribution in [2.45, 2.75) is 57.7 Å². The zero-order valence-corrected chi connectivity index (χ0v) is 12.1. The van der Waals surface area contributed by atoms with Crippen LogP contribution in [0.2, 0.25) is 0 Å². The van der Waals surface area contributed by atoms with Crippen molar-refractivity contribution in [3.63, 3.8) is 0 Å². The number of aliphatic hydroxyl groups is 1. The lowest BCUT2D eigenvalue weighted by Gasteiger charge is -2.31. The van der Waals surface area contributed by atoms with Crippen molar-refractivity contribution in [2.24, 2.45) is 23.7 Å². The smallest absolute Gasteiger partial charge is 0.0704 e. The summed E-state index contributed by atoms with van der Waals surface area (Å²) in [6, 6.07) is 0. The van der Waals surface area contributed by atoms with Crippen LogP contribution in [0.15, 0.2) is 0 Å². The molecule has 3 aliphatic rings. The fourth-order valence-corrected chi connectivity index (χ4v) is 4.81. The van der Waals surface area contributed by atoms with E-state index in [9.17, 15) is 0 Å². The van der Waals surface area contributed by atoms with E-state index < -0.39 is 0 Å². The Labute approximate surface area is 116 Å². The van der Waals surface area contributed by atoms with Crippen LogP contribution in [0.25, 0.3) is 0 Å². The van der Waals surface area contributed by atoms with E-state index in [-0.39, 0.29) is 6.10 Å². The zero-order chi connectivity index (χ0) is 13.2. The molecule has 1 N–H and O–H groups in total. The lowest BCUT2D eigenvalue weighted by molar-refractivity contribution is -0.0386. The third kappa shape index (κ3) is 2.98. The highest BCUT2D eigenvalue weighted by Gasteiger charge is 2.54. The molecule has 2 bridgehead atoms. The van der Waals surface area contributed by atoms with Gasteiger partial charge in [-0.3, -0.25) is 0 Å². The topological polar surface area (TPSA) is 38.7 Å². The fourth-order valence-electron chi connectivity index (χ4n) is 4.81. The highest BCUT2D eigenvalue weighted by molar-refractivity contribution is 5.03. The molecule has 3 heteroatoms. The summed E-state index contributed by atoms with van der Waals surface area (Å²) >= 11 is 0. The summed E-state index contributed by atoms with van der Waals surface area (Å²) in [5, 5.41) is 9.13. The standard InChI is InChI=1S/C16H28O3/c1-11(17)5-6-18-7-8-19-16-10-12-9-15(16)14-4-2-3-13(12)14/h11-17H,2-10H2,1H3. The van der Waals surface area contributed by atoms with E-state index in [0.29, 0.717) is 19.3 Å². The lowest BCUT2D eigenvalue weighted by atomic mass is 9.80. The molecule has 3 fully saturated rings. The molecule has 0 aromatic rings. The van der Waals surface area contributed by atoms with E-state index in [0.717, 1.165) is 36.7 Å². The maximum Gasteiger partial charge on any atom is 0.0704 e. The van der Waals surface area contributed by atoms with Crippen LogP contribution in [0.3, 0.4) is 0 Å². The fraction of sp³-hybridized carbons (Fsp3) is 1.00. The minimum Gasteiger partial charge on any atom is -0.393 e. The number of hydrogen-bond donors (Lipinski definition) is 1. The van der Waals surface area contributed by atoms with Crippen molar-refractivity contribution in [2.75, 3.05) is 19.8 Å². The molecule has 0 aromatic heterocycles. The SMILES string of the molecule is CC(O)CCOCCOC1CC2CC1C1CCCC21. The first kappa shape index (κ1) is 13.8. The van der Waals surface area contributed by atoms with E-state index in [2.05, 4.69) is 0 Å². The van der Waals surface area contributed by atoms with Crippen LogP contribution in [0.4, 0.5) is 0 Å². The van der Waals surface area contributed by atoms with Gasteiger partial charge < -0.3 is 14.6 Å². The maximum atomic E-state index is 9.13. The summed E-state index contributed by atoms with van der Waals surface area (Å²) in [6.45, 7) is 3.84. The third-order valence-electron chi connectivity index (χ3n) is 5.61. The number of ether oxygens (including phenoxy) is 2. The van der Waals surface area contributed by atoms with Crippen molar-refractivity contribution in [3.05, 3.63) is 0 Å². The van der Waals surface area contributed by atoms with Crippen LogP contribution in [0.5, 0.6) is 0 Å². The van der Waals surface area contributed by atoms with Gasteiger partial charge >= 0.3 is 0 Å². The Bertz CT molecular complexity index is 292. The molecule has 0 spiro atoms. The van der Waals surface area contributed by atoms with E-state index >= 15 is 0 Å². The largest absolute Gasteiger partial charge is 0.393 e. The van der Waals surface area contributed by atoms with Gasteiger partial charge in [-0.05, 0) is 62.7 Å². The third-order valence-corrected chi connectivity index (χ3v) is 5.61. The Morgan fingerprint density at radius 1 is 1.05 bits per heavy atom. The van der Waals surface area contributed by atoms with E-state index in [1.807, 2.05) is 0 Å². The number of aliphatic hydroxyl groups excluding tert-OH is 1. The molecule has 6 atom stereocenters. The molecule has 0 amide bonds. The Morgan fingerprint density at radius 3 is 2.74 bits per heavy atom. The minimum absolute atomic E-state index is 0.259. The van der Waals surface area contributed by atoms with Crippen molar-refractivity contribution < 1.29 is 14.6 Å². The van der Waals surface area contributed by atoms with Gasteiger partial charge in [0.25, 0.3) is 0 Å². The summed E-state index contributed by atoms with van der Waals surface area (Å²) in [5.41, 5.74) is 0. The summed E-state index contributed by atoms with van der Waals surface area (Å²) in [6.07, 6.45) is 8.12. The van der Waals surface area contributed by atoms with Crippen LogP contribution in [-0.4, -0.2) is 37.1 Å². The first-order valence-electron chi connectivity index (χ1n) is 8.13. The molecule has 3 rings (SSSR count). The average Bonchev–Trinajstić information content (AvgIpc) is 3.04. The van der Waals surface area contributed by atoms with Gasteiger partial charge in [-0.25, -0.2) is 0 Å². The predicted molar refractivity (Wildman–Crippen MR) is 73.9 cm³/mol. The molecule has 6 unspecified atom stereocenters. The number of fused-ring (bicyclic) bond motifs is 5. The molecule has 0 aromatic carbocycles. The van der Waals surface area contributed by atoms with Gasteiger partial charge in [0.2, 0.25) is 0 Å². The molecule has 0 heterocycles. The van der Waals surface area contributed by atoms with Gasteiger partial charge in [0.1, 0.15) is 0 Å². The highest BCUT2D eigenvalue weighted by atomic mass is 16.5. The molecule has 3 saturated carbocycles. The molecule has 0 saturated heterocycles. The average molecular weight is 268 g/mol.